The molecule has 3 unspecified atom stereocenters. The maximum absolute atomic E-state index is 2.34. The molecule has 0 aromatic heterocycles. The van der Waals surface area contributed by atoms with Gasteiger partial charge in [0.2, 0.25) is 48.9 Å². The zero-order chi connectivity index (χ0) is 17.1. The third-order valence-electron chi connectivity index (χ3n) is 4.44. The van der Waals surface area contributed by atoms with Crippen LogP contribution in [0.3, 0.4) is 0 Å². The number of rotatable bonds is 9. The van der Waals surface area contributed by atoms with Crippen LogP contribution in [0.2, 0.25) is 15.8 Å². The van der Waals surface area contributed by atoms with Gasteiger partial charge in [-0.25, -0.2) is 0 Å². The molecule has 3 atom stereocenters. The van der Waals surface area contributed by atoms with Crippen LogP contribution in [0, 0.1) is 17.8 Å². The van der Waals surface area contributed by atoms with Gasteiger partial charge in [-0.15, -0.1) is 0 Å². The summed E-state index contributed by atoms with van der Waals surface area (Å²) < 4.78 is 0. The fourth-order valence-corrected chi connectivity index (χ4v) is 3.32. The summed E-state index contributed by atoms with van der Waals surface area (Å²) >= 11 is 4.16. The van der Waals surface area contributed by atoms with E-state index < -0.39 is 0 Å². The van der Waals surface area contributed by atoms with Crippen molar-refractivity contribution in [2.24, 2.45) is 17.8 Å². The van der Waals surface area contributed by atoms with Crippen molar-refractivity contribution in [3.05, 3.63) is 0 Å². The van der Waals surface area contributed by atoms with Gasteiger partial charge in [-0.2, -0.15) is 0 Å². The van der Waals surface area contributed by atoms with E-state index in [1.807, 2.05) is 0 Å². The summed E-state index contributed by atoms with van der Waals surface area (Å²) in [5.74, 6) is 3.03. The maximum Gasteiger partial charge on any atom is 0.212 e. The molecule has 21 heavy (non-hydrogen) atoms. The second-order valence-electron chi connectivity index (χ2n) is 6.91. The van der Waals surface area contributed by atoms with Crippen LogP contribution < -0.4 is 0 Å². The number of hydrogen-bond donors (Lipinski definition) is 0. The van der Waals surface area contributed by atoms with E-state index in [9.17, 15) is 0 Å². The minimum Gasteiger partial charge on any atom is -0.0987 e. The third kappa shape index (κ3) is 30.1. The molecule has 0 saturated heterocycles. The zero-order valence-corrected chi connectivity index (χ0v) is 23.1. The first-order valence-corrected chi connectivity index (χ1v) is 14.2. The molecule has 3 heteroatoms. The van der Waals surface area contributed by atoms with Crippen LogP contribution in [-0.4, -0.2) is 48.9 Å². The average Bonchev–Trinajstić information content (AvgIpc) is 2.49. The van der Waals surface area contributed by atoms with E-state index in [2.05, 4.69) is 41.5 Å². The van der Waals surface area contributed by atoms with Crippen LogP contribution in [0.25, 0.3) is 0 Å². The van der Waals surface area contributed by atoms with Crippen molar-refractivity contribution in [2.45, 2.75) is 95.9 Å². The van der Waals surface area contributed by atoms with Gasteiger partial charge in [0, 0.05) is 0 Å². The standard InChI is InChI=1S/3C6H13.3Al.6H/c3*1-4-5-6(2)3;;;;;;;;;/h3*6H,2,4-5H2,1,3H3;;;;;;;;;. The van der Waals surface area contributed by atoms with Crippen LogP contribution in [0.15, 0.2) is 0 Å². The molecule has 0 saturated carbocycles. The molecule has 0 N–H and O–H groups in total. The topological polar surface area (TPSA) is 0 Å². The smallest absolute Gasteiger partial charge is 0.0987 e. The molecule has 0 spiro atoms. The lowest BCUT2D eigenvalue weighted by molar-refractivity contribution is 0.576. The predicted molar refractivity (Wildman–Crippen MR) is 112 cm³/mol. The maximum atomic E-state index is 2.34. The highest BCUT2D eigenvalue weighted by atomic mass is 27.1. The first-order chi connectivity index (χ1) is 9.92. The Labute approximate surface area is 161 Å². The largest absolute Gasteiger partial charge is 0.212 e. The van der Waals surface area contributed by atoms with Gasteiger partial charge >= 0.3 is 0 Å². The molecule has 0 aliphatic rings. The Balaban J connectivity index is -0.000000231. The Bertz CT molecular complexity index is 134. The third-order valence-corrected chi connectivity index (χ3v) is 8.62. The summed E-state index contributed by atoms with van der Waals surface area (Å²) in [7, 11) is 0. The molecule has 0 aliphatic heterocycles. The van der Waals surface area contributed by atoms with E-state index in [0.717, 1.165) is 17.8 Å². The first kappa shape index (κ1) is 27.4. The molecule has 0 nitrogen and oxygen atoms in total. The molecular formula is C18H45Al3. The van der Waals surface area contributed by atoms with E-state index in [-0.39, 0.29) is 0 Å². The van der Waals surface area contributed by atoms with Crippen molar-refractivity contribution < 1.29 is 0 Å². The van der Waals surface area contributed by atoms with E-state index in [0.29, 0.717) is 0 Å². The average molecular weight is 343 g/mol. The number of hydrogen-bond acceptors (Lipinski definition) is 0. The van der Waals surface area contributed by atoms with E-state index in [1.165, 1.54) is 103 Å². The Morgan fingerprint density at radius 1 is 0.524 bits per heavy atom. The predicted octanol–water partition coefficient (Wildman–Crippen LogP) is 4.42. The minimum absolute atomic E-state index is 1.01. The normalized spacial score (nSPS) is 14.0. The Morgan fingerprint density at radius 3 is 0.762 bits per heavy atom. The van der Waals surface area contributed by atoms with Gasteiger partial charge in [0.25, 0.3) is 0 Å². The highest BCUT2D eigenvalue weighted by Gasteiger charge is 1.93. The van der Waals surface area contributed by atoms with Crippen molar-refractivity contribution in [1.82, 2.24) is 0 Å². The lowest BCUT2D eigenvalue weighted by atomic mass is 10.1. The lowest BCUT2D eigenvalue weighted by Gasteiger charge is -2.02. The van der Waals surface area contributed by atoms with Crippen LogP contribution in [-0.2, 0) is 0 Å². The summed E-state index contributed by atoms with van der Waals surface area (Å²) in [6, 6.07) is 0. The second-order valence-corrected chi connectivity index (χ2v) is 9.36. The summed E-state index contributed by atoms with van der Waals surface area (Å²) in [4.78, 5) is 0. The van der Waals surface area contributed by atoms with Crippen LogP contribution >= 0.6 is 0 Å². The molecule has 0 aliphatic carbocycles. The molecule has 0 bridgehead atoms. The van der Waals surface area contributed by atoms with Gasteiger partial charge in [0.15, 0.2) is 0 Å². The van der Waals surface area contributed by atoms with Gasteiger partial charge in [0.1, 0.15) is 0 Å². The Hall–Kier alpha value is 1.60. The van der Waals surface area contributed by atoms with Crippen LogP contribution in [0.5, 0.6) is 0 Å². The molecule has 0 aromatic rings. The minimum atomic E-state index is 1.01. The first-order valence-electron chi connectivity index (χ1n) is 9.92. The Morgan fingerprint density at radius 2 is 0.714 bits per heavy atom. The molecule has 0 amide bonds. The van der Waals surface area contributed by atoms with Crippen molar-refractivity contribution >= 4 is 48.9 Å². The van der Waals surface area contributed by atoms with Crippen LogP contribution in [0.4, 0.5) is 0 Å². The molecule has 126 valence electrons. The summed E-state index contributed by atoms with van der Waals surface area (Å²) in [6.07, 6.45) is 8.40. The van der Waals surface area contributed by atoms with Crippen LogP contribution in [0.1, 0.15) is 80.1 Å². The van der Waals surface area contributed by atoms with Crippen molar-refractivity contribution in [3.8, 4) is 0 Å². The SMILES string of the molecule is CCCC(C)[CH2][AlH2].CCCC(C)[CH2][AlH2].CCCC(C)[CH2][AlH2]. The molecular weight excluding hydrogens is 297 g/mol. The van der Waals surface area contributed by atoms with Gasteiger partial charge in [0.05, 0.1) is 0 Å². The van der Waals surface area contributed by atoms with E-state index in [1.54, 1.807) is 0 Å². The summed E-state index contributed by atoms with van der Waals surface area (Å²) in [6.45, 7) is 13.8. The molecule has 0 heterocycles. The molecule has 0 aromatic carbocycles. The molecule has 0 fully saturated rings. The molecule has 0 radical (unpaired) electrons. The van der Waals surface area contributed by atoms with Gasteiger partial charge < -0.3 is 0 Å². The van der Waals surface area contributed by atoms with Gasteiger partial charge in [-0.1, -0.05) is 114 Å². The summed E-state index contributed by atoms with van der Waals surface area (Å²) in [5.41, 5.74) is 0. The fraction of sp³-hybridized carbons (Fsp3) is 1.00. The van der Waals surface area contributed by atoms with E-state index in [4.69, 9.17) is 0 Å². The van der Waals surface area contributed by atoms with E-state index >= 15 is 0 Å². The monoisotopic (exact) mass is 342 g/mol. The van der Waals surface area contributed by atoms with Crippen molar-refractivity contribution in [3.63, 3.8) is 0 Å². The highest BCUT2D eigenvalue weighted by Crippen LogP contribution is 2.07. The van der Waals surface area contributed by atoms with Crippen molar-refractivity contribution in [2.75, 3.05) is 0 Å². The second kappa shape index (κ2) is 23.9. The van der Waals surface area contributed by atoms with Gasteiger partial charge in [-0.05, 0) is 0 Å². The quantitative estimate of drug-likeness (QED) is 0.544. The fourth-order valence-electron chi connectivity index (χ4n) is 2.09. The zero-order valence-electron chi connectivity index (χ0n) is 17.1. The van der Waals surface area contributed by atoms with Crippen molar-refractivity contribution in [1.29, 1.82) is 0 Å². The summed E-state index contributed by atoms with van der Waals surface area (Å²) in [5, 5.41) is 4.44. The van der Waals surface area contributed by atoms with Gasteiger partial charge in [-0.3, -0.25) is 0 Å². The Kier molecular flexibility index (Phi) is 31.2. The molecule has 0 rings (SSSR count). The highest BCUT2D eigenvalue weighted by molar-refractivity contribution is 6.09. The lowest BCUT2D eigenvalue weighted by Crippen LogP contribution is -1.90.